The van der Waals surface area contributed by atoms with E-state index in [9.17, 15) is 4.79 Å². The second kappa shape index (κ2) is 6.33. The Labute approximate surface area is 135 Å². The van der Waals surface area contributed by atoms with Gasteiger partial charge in [0, 0.05) is 10.6 Å². The molecule has 0 fully saturated rings. The summed E-state index contributed by atoms with van der Waals surface area (Å²) >= 11 is 7.19. The maximum Gasteiger partial charge on any atom is 0.316 e. The Bertz CT molecular complexity index is 819. The first-order valence-corrected chi connectivity index (χ1v) is 7.72. The largest absolute Gasteiger partial charge is 0.468 e. The van der Waals surface area contributed by atoms with E-state index in [4.69, 9.17) is 11.6 Å². The van der Waals surface area contributed by atoms with Crippen LogP contribution in [-0.4, -0.2) is 38.6 Å². The molecule has 1 aromatic carbocycles. The molecule has 0 bridgehead atoms. The lowest BCUT2D eigenvalue weighted by Crippen LogP contribution is -2.04. The van der Waals surface area contributed by atoms with Gasteiger partial charge in [-0.25, -0.2) is 0 Å². The zero-order valence-electron chi connectivity index (χ0n) is 11.6. The van der Waals surface area contributed by atoms with Crippen molar-refractivity contribution in [2.75, 3.05) is 12.9 Å². The summed E-state index contributed by atoms with van der Waals surface area (Å²) in [5.74, 6) is 0.522. The standard InChI is InChI=1S/C14H11ClN4O2S/c1-21-13(20)8-22-12-7-6-11-16-17-14(19(11)18-12)9-2-4-10(15)5-3-9/h2-7H,8H2,1H3. The van der Waals surface area contributed by atoms with Gasteiger partial charge in [-0.05, 0) is 36.4 Å². The van der Waals surface area contributed by atoms with Gasteiger partial charge in [0.2, 0.25) is 0 Å². The van der Waals surface area contributed by atoms with E-state index in [1.54, 1.807) is 28.8 Å². The second-order valence-corrected chi connectivity index (χ2v) is 5.77. The molecule has 3 rings (SSSR count). The quantitative estimate of drug-likeness (QED) is 0.539. The molecule has 0 aliphatic rings. The molecule has 2 aromatic heterocycles. The second-order valence-electron chi connectivity index (χ2n) is 4.34. The van der Waals surface area contributed by atoms with Crippen LogP contribution in [0.25, 0.3) is 17.0 Å². The number of halogens is 1. The lowest BCUT2D eigenvalue weighted by Gasteiger charge is -2.02. The van der Waals surface area contributed by atoms with Crippen molar-refractivity contribution in [1.82, 2.24) is 19.8 Å². The molecule has 8 heteroatoms. The van der Waals surface area contributed by atoms with Crippen molar-refractivity contribution in [3.63, 3.8) is 0 Å². The summed E-state index contributed by atoms with van der Waals surface area (Å²) < 4.78 is 6.26. The smallest absolute Gasteiger partial charge is 0.316 e. The Balaban J connectivity index is 1.94. The third-order valence-corrected chi connectivity index (χ3v) is 4.05. The predicted molar refractivity (Wildman–Crippen MR) is 84.0 cm³/mol. The van der Waals surface area contributed by atoms with Gasteiger partial charge >= 0.3 is 5.97 Å². The normalized spacial score (nSPS) is 10.8. The molecule has 0 atom stereocenters. The number of aromatic nitrogens is 4. The number of nitrogens with zero attached hydrogens (tertiary/aromatic N) is 4. The molecule has 0 saturated heterocycles. The zero-order chi connectivity index (χ0) is 15.5. The van der Waals surface area contributed by atoms with Crippen LogP contribution >= 0.6 is 23.4 Å². The minimum Gasteiger partial charge on any atom is -0.468 e. The fourth-order valence-electron chi connectivity index (χ4n) is 1.82. The molecule has 0 aliphatic carbocycles. The molecule has 0 saturated carbocycles. The van der Waals surface area contributed by atoms with E-state index in [0.29, 0.717) is 21.5 Å². The molecule has 112 valence electrons. The van der Waals surface area contributed by atoms with E-state index in [2.05, 4.69) is 20.0 Å². The van der Waals surface area contributed by atoms with Gasteiger partial charge in [-0.2, -0.15) is 9.61 Å². The number of fused-ring (bicyclic) bond motifs is 1. The Morgan fingerprint density at radius 1 is 1.23 bits per heavy atom. The highest BCUT2D eigenvalue weighted by molar-refractivity contribution is 7.99. The molecule has 0 aliphatic heterocycles. The van der Waals surface area contributed by atoms with Gasteiger partial charge in [-0.15, -0.1) is 10.2 Å². The Morgan fingerprint density at radius 2 is 2.00 bits per heavy atom. The Morgan fingerprint density at radius 3 is 2.73 bits per heavy atom. The number of methoxy groups -OCH3 is 1. The Hall–Kier alpha value is -2.12. The van der Waals surface area contributed by atoms with Crippen molar-refractivity contribution in [3.05, 3.63) is 41.4 Å². The molecule has 0 unspecified atom stereocenters. The lowest BCUT2D eigenvalue weighted by molar-refractivity contribution is -0.137. The van der Waals surface area contributed by atoms with Crippen molar-refractivity contribution in [3.8, 4) is 11.4 Å². The number of carbonyl (C=O) groups is 1. The van der Waals surface area contributed by atoms with Crippen LogP contribution in [0.1, 0.15) is 0 Å². The van der Waals surface area contributed by atoms with Crippen LogP contribution in [0.5, 0.6) is 0 Å². The van der Waals surface area contributed by atoms with Crippen LogP contribution in [0.4, 0.5) is 0 Å². The summed E-state index contributed by atoms with van der Waals surface area (Å²) in [6.45, 7) is 0. The van der Waals surface area contributed by atoms with Crippen LogP contribution < -0.4 is 0 Å². The van der Waals surface area contributed by atoms with Crippen LogP contribution in [0.15, 0.2) is 41.4 Å². The van der Waals surface area contributed by atoms with E-state index in [-0.39, 0.29) is 11.7 Å². The summed E-state index contributed by atoms with van der Waals surface area (Å²) in [6.07, 6.45) is 0. The van der Waals surface area contributed by atoms with Crippen molar-refractivity contribution in [1.29, 1.82) is 0 Å². The van der Waals surface area contributed by atoms with Crippen LogP contribution in [0, 0.1) is 0 Å². The van der Waals surface area contributed by atoms with E-state index in [1.807, 2.05) is 12.1 Å². The third-order valence-electron chi connectivity index (χ3n) is 2.91. The minimum atomic E-state index is -0.298. The van der Waals surface area contributed by atoms with Crippen LogP contribution in [0.3, 0.4) is 0 Å². The maximum absolute atomic E-state index is 11.2. The molecule has 0 radical (unpaired) electrons. The average molecular weight is 335 g/mol. The molecule has 0 amide bonds. The number of hydrogen-bond acceptors (Lipinski definition) is 6. The van der Waals surface area contributed by atoms with Crippen molar-refractivity contribution in [2.24, 2.45) is 0 Å². The first-order chi connectivity index (χ1) is 10.7. The molecule has 2 heterocycles. The summed E-state index contributed by atoms with van der Waals surface area (Å²) in [7, 11) is 1.36. The molecule has 22 heavy (non-hydrogen) atoms. The van der Waals surface area contributed by atoms with Crippen molar-refractivity contribution in [2.45, 2.75) is 5.03 Å². The third kappa shape index (κ3) is 3.05. The number of esters is 1. The average Bonchev–Trinajstić information content (AvgIpc) is 2.96. The zero-order valence-corrected chi connectivity index (χ0v) is 13.1. The molecule has 0 spiro atoms. The molecule has 3 aromatic rings. The van der Waals surface area contributed by atoms with Gasteiger partial charge in [0.1, 0.15) is 5.03 Å². The lowest BCUT2D eigenvalue weighted by atomic mass is 10.2. The first-order valence-electron chi connectivity index (χ1n) is 6.35. The fourth-order valence-corrected chi connectivity index (χ4v) is 2.63. The van der Waals surface area contributed by atoms with Gasteiger partial charge in [0.15, 0.2) is 11.5 Å². The van der Waals surface area contributed by atoms with E-state index in [1.165, 1.54) is 18.9 Å². The van der Waals surface area contributed by atoms with E-state index >= 15 is 0 Å². The fraction of sp³-hybridized carbons (Fsp3) is 0.143. The monoisotopic (exact) mass is 334 g/mol. The summed E-state index contributed by atoms with van der Waals surface area (Å²) in [5, 5.41) is 14.0. The molecular weight excluding hydrogens is 324 g/mol. The number of benzene rings is 1. The Kier molecular flexibility index (Phi) is 4.26. The van der Waals surface area contributed by atoms with E-state index in [0.717, 1.165) is 5.56 Å². The SMILES string of the molecule is COC(=O)CSc1ccc2nnc(-c3ccc(Cl)cc3)n2n1. The van der Waals surface area contributed by atoms with Crippen molar-refractivity contribution < 1.29 is 9.53 Å². The topological polar surface area (TPSA) is 69.4 Å². The van der Waals surface area contributed by atoms with Crippen LogP contribution in [0.2, 0.25) is 5.02 Å². The molecule has 0 N–H and O–H groups in total. The van der Waals surface area contributed by atoms with Gasteiger partial charge in [0.25, 0.3) is 0 Å². The highest BCUT2D eigenvalue weighted by atomic mass is 35.5. The van der Waals surface area contributed by atoms with Crippen molar-refractivity contribution >= 4 is 35.0 Å². The predicted octanol–water partition coefficient (Wildman–Crippen LogP) is 2.71. The minimum absolute atomic E-state index is 0.202. The summed E-state index contributed by atoms with van der Waals surface area (Å²) in [6, 6.07) is 10.9. The highest BCUT2D eigenvalue weighted by Crippen LogP contribution is 2.22. The molecule has 6 nitrogen and oxygen atoms in total. The van der Waals surface area contributed by atoms with Crippen LogP contribution in [-0.2, 0) is 9.53 Å². The summed E-state index contributed by atoms with van der Waals surface area (Å²) in [5.41, 5.74) is 1.49. The number of carbonyl (C=O) groups excluding carboxylic acids is 1. The first kappa shape index (κ1) is 14.8. The number of hydrogen-bond donors (Lipinski definition) is 0. The number of rotatable bonds is 4. The maximum atomic E-state index is 11.2. The number of thioether (sulfide) groups is 1. The highest BCUT2D eigenvalue weighted by Gasteiger charge is 2.11. The van der Waals surface area contributed by atoms with Gasteiger partial charge < -0.3 is 4.74 Å². The summed E-state index contributed by atoms with van der Waals surface area (Å²) in [4.78, 5) is 11.2. The van der Waals surface area contributed by atoms with Gasteiger partial charge in [-0.3, -0.25) is 4.79 Å². The van der Waals surface area contributed by atoms with Gasteiger partial charge in [0.05, 0.1) is 12.9 Å². The number of ether oxygens (including phenoxy) is 1. The molecular formula is C14H11ClN4O2S. The van der Waals surface area contributed by atoms with E-state index < -0.39 is 0 Å². The van der Waals surface area contributed by atoms with Gasteiger partial charge in [-0.1, -0.05) is 23.4 Å².